The molecule has 3 aromatic rings. The number of aromatic nitrogens is 3. The summed E-state index contributed by atoms with van der Waals surface area (Å²) in [7, 11) is -4.09. The molecule has 4 rings (SSSR count). The van der Waals surface area contributed by atoms with E-state index in [-0.39, 0.29) is 17.9 Å². The van der Waals surface area contributed by atoms with Gasteiger partial charge in [-0.05, 0) is 36.4 Å². The van der Waals surface area contributed by atoms with Gasteiger partial charge >= 0.3 is 5.97 Å². The maximum absolute atomic E-state index is 13.0. The molecule has 0 aliphatic carbocycles. The number of carbonyl (C=O) groups is 1. The molecule has 162 valence electrons. The van der Waals surface area contributed by atoms with Gasteiger partial charge in [-0.1, -0.05) is 28.9 Å². The van der Waals surface area contributed by atoms with Crippen LogP contribution in [0.4, 0.5) is 0 Å². The number of fused-ring (bicyclic) bond motifs is 1. The van der Waals surface area contributed by atoms with Crippen LogP contribution >= 0.6 is 11.6 Å². The van der Waals surface area contributed by atoms with Gasteiger partial charge in [-0.15, -0.1) is 5.10 Å². The molecule has 0 saturated carbocycles. The highest BCUT2D eigenvalue weighted by atomic mass is 35.5. The maximum Gasteiger partial charge on any atom is 0.326 e. The first-order valence-electron chi connectivity index (χ1n) is 9.22. The van der Waals surface area contributed by atoms with Crippen LogP contribution in [-0.2, 0) is 26.3 Å². The van der Waals surface area contributed by atoms with Gasteiger partial charge < -0.3 is 9.84 Å². The molecule has 0 radical (unpaired) electrons. The fourth-order valence-electron chi connectivity index (χ4n) is 3.34. The van der Waals surface area contributed by atoms with E-state index in [1.165, 1.54) is 24.3 Å². The van der Waals surface area contributed by atoms with Crippen LogP contribution in [0.15, 0.2) is 58.2 Å². The summed E-state index contributed by atoms with van der Waals surface area (Å²) in [4.78, 5) is 25.1. The van der Waals surface area contributed by atoms with Crippen LogP contribution in [0.5, 0.6) is 0 Å². The monoisotopic (exact) mass is 464 g/mol. The van der Waals surface area contributed by atoms with E-state index in [0.717, 1.165) is 8.99 Å². The van der Waals surface area contributed by atoms with Gasteiger partial charge in [-0.3, -0.25) is 9.59 Å². The van der Waals surface area contributed by atoms with Crippen molar-refractivity contribution in [2.45, 2.75) is 30.2 Å². The molecular formula is C19H17ClN4O6S. The number of rotatable bonds is 5. The molecule has 2 heterocycles. The number of halogens is 1. The lowest BCUT2D eigenvalue weighted by molar-refractivity contribution is -0.152. The Labute approximate surface area is 181 Å². The quantitative estimate of drug-likeness (QED) is 0.547. The number of esters is 1. The molecule has 10 nitrogen and oxygen atoms in total. The molecule has 1 N–H and O–H groups in total. The zero-order valence-electron chi connectivity index (χ0n) is 16.0. The standard InChI is InChI=1S/C19H17ClN4O6S/c20-12-5-7-14(8-6-12)31(28,29)24-10-13(25)9-17(24)19(27)30-11-23-18(26)15-3-1-2-4-16(15)21-22-23/h1-8,13,17,25H,9-11H2/t13-,17+/m0/s1. The van der Waals surface area contributed by atoms with Gasteiger partial charge in [0.2, 0.25) is 10.0 Å². The Hall–Kier alpha value is -2.86. The van der Waals surface area contributed by atoms with Gasteiger partial charge in [0.15, 0.2) is 6.73 Å². The molecule has 1 saturated heterocycles. The minimum absolute atomic E-state index is 0.0691. The molecule has 0 unspecified atom stereocenters. The molecule has 2 aromatic carbocycles. The second-order valence-corrected chi connectivity index (χ2v) is 9.26. The fraction of sp³-hybridized carbons (Fsp3) is 0.263. The summed E-state index contributed by atoms with van der Waals surface area (Å²) >= 11 is 5.81. The molecule has 1 fully saturated rings. The van der Waals surface area contributed by atoms with Gasteiger partial charge in [0.25, 0.3) is 5.56 Å². The number of nitrogens with zero attached hydrogens (tertiary/aromatic N) is 4. The third-order valence-corrected chi connectivity index (χ3v) is 7.03. The van der Waals surface area contributed by atoms with Crippen LogP contribution in [0.3, 0.4) is 0 Å². The topological polar surface area (TPSA) is 132 Å². The summed E-state index contributed by atoms with van der Waals surface area (Å²) in [5, 5.41) is 18.3. The summed E-state index contributed by atoms with van der Waals surface area (Å²) in [5.74, 6) is -0.907. The molecule has 1 aliphatic heterocycles. The van der Waals surface area contributed by atoms with Crippen molar-refractivity contribution in [3.05, 3.63) is 63.9 Å². The summed E-state index contributed by atoms with van der Waals surface area (Å²) in [6.07, 6.45) is -1.17. The first-order valence-corrected chi connectivity index (χ1v) is 11.0. The third kappa shape index (κ3) is 4.17. The number of hydrogen-bond donors (Lipinski definition) is 1. The molecule has 2 atom stereocenters. The third-order valence-electron chi connectivity index (χ3n) is 4.88. The second-order valence-electron chi connectivity index (χ2n) is 6.94. The number of sulfonamides is 1. The molecular weight excluding hydrogens is 448 g/mol. The van der Waals surface area contributed by atoms with Gasteiger partial charge in [0, 0.05) is 18.0 Å². The first kappa shape index (κ1) is 21.4. The Morgan fingerprint density at radius 2 is 1.90 bits per heavy atom. The Balaban J connectivity index is 1.54. The van der Waals surface area contributed by atoms with Crippen molar-refractivity contribution in [2.75, 3.05) is 6.54 Å². The van der Waals surface area contributed by atoms with E-state index >= 15 is 0 Å². The molecule has 0 bridgehead atoms. The highest BCUT2D eigenvalue weighted by molar-refractivity contribution is 7.89. The maximum atomic E-state index is 13.0. The van der Waals surface area contributed by atoms with Gasteiger partial charge in [-0.25, -0.2) is 8.42 Å². The number of carbonyl (C=O) groups excluding carboxylic acids is 1. The largest absolute Gasteiger partial charge is 0.441 e. The Kier molecular flexibility index (Phi) is 5.75. The fourth-order valence-corrected chi connectivity index (χ4v) is 5.09. The Morgan fingerprint density at radius 3 is 2.65 bits per heavy atom. The average Bonchev–Trinajstić information content (AvgIpc) is 3.16. The molecule has 31 heavy (non-hydrogen) atoms. The molecule has 1 aliphatic rings. The van der Waals surface area contributed by atoms with Gasteiger partial charge in [-0.2, -0.15) is 8.99 Å². The number of aliphatic hydroxyl groups excluding tert-OH is 1. The molecule has 1 aromatic heterocycles. The van der Waals surface area contributed by atoms with Crippen molar-refractivity contribution in [1.82, 2.24) is 19.3 Å². The van der Waals surface area contributed by atoms with Crippen LogP contribution < -0.4 is 5.56 Å². The summed E-state index contributed by atoms with van der Waals surface area (Å²) in [6, 6.07) is 10.8. The lowest BCUT2D eigenvalue weighted by Gasteiger charge is -2.22. The van der Waals surface area contributed by atoms with Crippen molar-refractivity contribution >= 4 is 38.5 Å². The van der Waals surface area contributed by atoms with Crippen LogP contribution in [0, 0.1) is 0 Å². The minimum Gasteiger partial charge on any atom is -0.441 e. The van der Waals surface area contributed by atoms with E-state index in [2.05, 4.69) is 10.3 Å². The van der Waals surface area contributed by atoms with E-state index in [4.69, 9.17) is 16.3 Å². The molecule has 0 spiro atoms. The summed E-state index contributed by atoms with van der Waals surface area (Å²) < 4.78 is 32.8. The van der Waals surface area contributed by atoms with Crippen LogP contribution in [0.1, 0.15) is 6.42 Å². The van der Waals surface area contributed by atoms with E-state index in [9.17, 15) is 23.1 Å². The number of ether oxygens (including phenoxy) is 1. The van der Waals surface area contributed by atoms with Crippen LogP contribution in [0.2, 0.25) is 5.02 Å². The van der Waals surface area contributed by atoms with Crippen molar-refractivity contribution in [3.8, 4) is 0 Å². The lowest BCUT2D eigenvalue weighted by Crippen LogP contribution is -2.42. The average molecular weight is 465 g/mol. The normalized spacial score (nSPS) is 19.5. The van der Waals surface area contributed by atoms with Crippen molar-refractivity contribution in [1.29, 1.82) is 0 Å². The first-order chi connectivity index (χ1) is 14.8. The Bertz CT molecular complexity index is 1290. The summed E-state index contributed by atoms with van der Waals surface area (Å²) in [5.41, 5.74) is -0.107. The van der Waals surface area contributed by atoms with E-state index in [1.807, 2.05) is 0 Å². The second kappa shape index (κ2) is 8.35. The highest BCUT2D eigenvalue weighted by Crippen LogP contribution is 2.28. The zero-order valence-corrected chi connectivity index (χ0v) is 17.5. The van der Waals surface area contributed by atoms with E-state index in [0.29, 0.717) is 15.9 Å². The van der Waals surface area contributed by atoms with Crippen molar-refractivity contribution in [3.63, 3.8) is 0 Å². The van der Waals surface area contributed by atoms with Crippen LogP contribution in [0.25, 0.3) is 10.9 Å². The van der Waals surface area contributed by atoms with E-state index in [1.54, 1.807) is 24.3 Å². The summed E-state index contributed by atoms with van der Waals surface area (Å²) in [6.45, 7) is -0.808. The van der Waals surface area contributed by atoms with Gasteiger partial charge in [0.1, 0.15) is 11.6 Å². The smallest absolute Gasteiger partial charge is 0.326 e. The van der Waals surface area contributed by atoms with Gasteiger partial charge in [0.05, 0.1) is 16.4 Å². The number of aliphatic hydroxyl groups is 1. The number of hydrogen-bond acceptors (Lipinski definition) is 8. The van der Waals surface area contributed by atoms with E-state index < -0.39 is 40.4 Å². The highest BCUT2D eigenvalue weighted by Gasteiger charge is 2.44. The minimum atomic E-state index is -4.09. The lowest BCUT2D eigenvalue weighted by atomic mass is 10.2. The SMILES string of the molecule is O=C(OCn1nnc2ccccc2c1=O)[C@H]1C[C@H](O)CN1S(=O)(=O)c1ccc(Cl)cc1. The predicted octanol–water partition coefficient (Wildman–Crippen LogP) is 0.770. The zero-order chi connectivity index (χ0) is 22.2. The van der Waals surface area contributed by atoms with Crippen molar-refractivity contribution in [2.24, 2.45) is 0 Å². The molecule has 0 amide bonds. The Morgan fingerprint density at radius 1 is 1.19 bits per heavy atom. The number of β-amino-alcohol motifs (C(OH)–C–C–N with tert-alkyl or cyclic N) is 1. The molecule has 12 heteroatoms. The predicted molar refractivity (Wildman–Crippen MR) is 110 cm³/mol. The van der Waals surface area contributed by atoms with Crippen molar-refractivity contribution < 1.29 is 23.1 Å². The van der Waals surface area contributed by atoms with Crippen LogP contribution in [-0.4, -0.2) is 57.5 Å². The number of benzene rings is 2.